The second-order valence-electron chi connectivity index (χ2n) is 10.9. The molecule has 1 N–H and O–H groups in total. The van der Waals surface area contributed by atoms with Crippen molar-refractivity contribution in [2.45, 2.75) is 115 Å². The number of rotatable bonds is 17. The Balaban J connectivity index is 1.15. The fourth-order valence-corrected chi connectivity index (χ4v) is 5.74. The van der Waals surface area contributed by atoms with Gasteiger partial charge in [-0.3, -0.25) is 0 Å². The van der Waals surface area contributed by atoms with Crippen molar-refractivity contribution in [3.05, 3.63) is 42.2 Å². The lowest BCUT2D eigenvalue weighted by Gasteiger charge is -2.10. The summed E-state index contributed by atoms with van der Waals surface area (Å²) in [5.41, 5.74) is 0.311. The molecule has 1 saturated carbocycles. The molecule has 0 unspecified atom stereocenters. The second kappa shape index (κ2) is 13.9. The number of benzene rings is 1. The second-order valence-corrected chi connectivity index (χ2v) is 10.9. The number of carboxylic acid groups (broad SMARTS) is 1. The maximum atomic E-state index is 12.0. The monoisotopic (exact) mass is 508 g/mol. The molecule has 0 spiro atoms. The van der Waals surface area contributed by atoms with Gasteiger partial charge in [0, 0.05) is 5.56 Å². The summed E-state index contributed by atoms with van der Waals surface area (Å²) >= 11 is 0. The van der Waals surface area contributed by atoms with Gasteiger partial charge in [0.2, 0.25) is 5.60 Å². The van der Waals surface area contributed by atoms with Crippen molar-refractivity contribution >= 4 is 5.97 Å². The van der Waals surface area contributed by atoms with Crippen LogP contribution in [0.1, 0.15) is 109 Å². The number of hydrogen-bond acceptors (Lipinski definition) is 5. The largest absolute Gasteiger partial charge is 0.490 e. The SMILES string of the molecule is CCCCC[C@@H]1O[C@]1(C(=O)O)c1ccc(-c2ncc(OCCCCCCCCC3CCCC3)cn2)cc1. The molecule has 1 aromatic heterocycles. The van der Waals surface area contributed by atoms with Crippen molar-refractivity contribution in [2.24, 2.45) is 5.92 Å². The Morgan fingerprint density at radius 2 is 1.59 bits per heavy atom. The van der Waals surface area contributed by atoms with Crippen LogP contribution in [-0.2, 0) is 15.1 Å². The first-order chi connectivity index (χ1) is 18.1. The number of carboxylic acids is 1. The molecule has 0 bridgehead atoms. The highest BCUT2D eigenvalue weighted by Crippen LogP contribution is 2.49. The van der Waals surface area contributed by atoms with Crippen molar-refractivity contribution in [3.63, 3.8) is 0 Å². The van der Waals surface area contributed by atoms with Crippen LogP contribution in [0.5, 0.6) is 5.75 Å². The van der Waals surface area contributed by atoms with Crippen LogP contribution >= 0.6 is 0 Å². The van der Waals surface area contributed by atoms with Crippen LogP contribution in [0.25, 0.3) is 11.4 Å². The average molecular weight is 509 g/mol. The summed E-state index contributed by atoms with van der Waals surface area (Å²) < 4.78 is 11.5. The summed E-state index contributed by atoms with van der Waals surface area (Å²) in [6, 6.07) is 7.39. The maximum absolute atomic E-state index is 12.0. The molecule has 0 radical (unpaired) electrons. The third-order valence-electron chi connectivity index (χ3n) is 8.06. The maximum Gasteiger partial charge on any atom is 0.343 e. The van der Waals surface area contributed by atoms with Crippen LogP contribution in [0.15, 0.2) is 36.7 Å². The number of ether oxygens (including phenoxy) is 2. The first-order valence-electron chi connectivity index (χ1n) is 14.6. The van der Waals surface area contributed by atoms with E-state index in [1.807, 2.05) is 24.3 Å². The minimum atomic E-state index is -1.21. The highest BCUT2D eigenvalue weighted by atomic mass is 16.6. The minimum Gasteiger partial charge on any atom is -0.490 e. The summed E-state index contributed by atoms with van der Waals surface area (Å²) in [5, 5.41) is 9.83. The summed E-state index contributed by atoms with van der Waals surface area (Å²) in [7, 11) is 0. The molecule has 1 saturated heterocycles. The van der Waals surface area contributed by atoms with Gasteiger partial charge in [-0.1, -0.05) is 115 Å². The van der Waals surface area contributed by atoms with Gasteiger partial charge in [0.05, 0.1) is 19.0 Å². The Hall–Kier alpha value is -2.47. The van der Waals surface area contributed by atoms with E-state index >= 15 is 0 Å². The van der Waals surface area contributed by atoms with Gasteiger partial charge in [-0.25, -0.2) is 14.8 Å². The molecule has 6 heteroatoms. The summed E-state index contributed by atoms with van der Waals surface area (Å²) in [6.45, 7) is 2.83. The number of unbranched alkanes of at least 4 members (excludes halogenated alkanes) is 7. The Morgan fingerprint density at radius 3 is 2.27 bits per heavy atom. The van der Waals surface area contributed by atoms with Crippen LogP contribution < -0.4 is 4.74 Å². The third kappa shape index (κ3) is 7.53. The van der Waals surface area contributed by atoms with Gasteiger partial charge in [0.25, 0.3) is 0 Å². The van der Waals surface area contributed by atoms with Crippen molar-refractivity contribution in [1.29, 1.82) is 0 Å². The van der Waals surface area contributed by atoms with Crippen LogP contribution in [-0.4, -0.2) is 33.8 Å². The predicted molar refractivity (Wildman–Crippen MR) is 146 cm³/mol. The fraction of sp³-hybridized carbons (Fsp3) is 0.645. The molecular formula is C31H44N2O4. The van der Waals surface area contributed by atoms with E-state index in [1.165, 1.54) is 64.2 Å². The Kier molecular flexibility index (Phi) is 10.4. The number of hydrogen-bond donors (Lipinski definition) is 1. The molecule has 6 nitrogen and oxygen atoms in total. The molecule has 0 amide bonds. The molecular weight excluding hydrogens is 464 g/mol. The number of nitrogens with zero attached hydrogens (tertiary/aromatic N) is 2. The minimum absolute atomic E-state index is 0.253. The van der Waals surface area contributed by atoms with Crippen molar-refractivity contribution in [2.75, 3.05) is 6.61 Å². The average Bonchev–Trinajstić information content (AvgIpc) is 3.42. The van der Waals surface area contributed by atoms with Crippen LogP contribution in [0, 0.1) is 5.92 Å². The molecule has 2 aromatic rings. The van der Waals surface area contributed by atoms with Gasteiger partial charge in [-0.05, 0) is 24.3 Å². The van der Waals surface area contributed by atoms with Crippen molar-refractivity contribution in [3.8, 4) is 17.1 Å². The van der Waals surface area contributed by atoms with Gasteiger partial charge in [-0.15, -0.1) is 0 Å². The number of epoxide rings is 1. The van der Waals surface area contributed by atoms with E-state index in [-0.39, 0.29) is 6.10 Å². The summed E-state index contributed by atoms with van der Waals surface area (Å²) in [6.07, 6.45) is 22.1. The lowest BCUT2D eigenvalue weighted by atomic mass is 9.92. The van der Waals surface area contributed by atoms with Crippen LogP contribution in [0.2, 0.25) is 0 Å². The number of aromatic nitrogens is 2. The predicted octanol–water partition coefficient (Wildman–Crippen LogP) is 7.70. The molecule has 202 valence electrons. The lowest BCUT2D eigenvalue weighted by Crippen LogP contribution is -2.24. The van der Waals surface area contributed by atoms with Crippen molar-refractivity contribution < 1.29 is 19.4 Å². The highest BCUT2D eigenvalue weighted by Gasteiger charge is 2.63. The van der Waals surface area contributed by atoms with Crippen molar-refractivity contribution in [1.82, 2.24) is 9.97 Å². The zero-order valence-electron chi connectivity index (χ0n) is 22.5. The first-order valence-corrected chi connectivity index (χ1v) is 14.6. The van der Waals surface area contributed by atoms with E-state index in [1.54, 1.807) is 12.4 Å². The molecule has 1 aromatic carbocycles. The van der Waals surface area contributed by atoms with E-state index < -0.39 is 11.6 Å². The molecule has 2 atom stereocenters. The summed E-state index contributed by atoms with van der Waals surface area (Å²) in [4.78, 5) is 20.9. The van der Waals surface area contributed by atoms with E-state index in [4.69, 9.17) is 9.47 Å². The highest BCUT2D eigenvalue weighted by molar-refractivity contribution is 5.83. The van der Waals surface area contributed by atoms with Gasteiger partial charge >= 0.3 is 5.97 Å². The zero-order chi connectivity index (χ0) is 25.9. The van der Waals surface area contributed by atoms with Crippen LogP contribution in [0.4, 0.5) is 0 Å². The Morgan fingerprint density at radius 1 is 0.946 bits per heavy atom. The Bertz CT molecular complexity index is 956. The number of carbonyl (C=O) groups is 1. The number of aliphatic carboxylic acids is 1. The lowest BCUT2D eigenvalue weighted by molar-refractivity contribution is -0.143. The molecule has 2 heterocycles. The first kappa shape index (κ1) is 27.6. The van der Waals surface area contributed by atoms with E-state index in [2.05, 4.69) is 16.9 Å². The molecule has 2 aliphatic rings. The third-order valence-corrected chi connectivity index (χ3v) is 8.06. The van der Waals surface area contributed by atoms with Gasteiger partial charge in [0.1, 0.15) is 6.10 Å². The van der Waals surface area contributed by atoms with Gasteiger partial charge in [0.15, 0.2) is 11.6 Å². The molecule has 1 aliphatic carbocycles. The fourth-order valence-electron chi connectivity index (χ4n) is 5.74. The molecule has 37 heavy (non-hydrogen) atoms. The van der Waals surface area contributed by atoms with E-state index in [0.29, 0.717) is 23.7 Å². The topological polar surface area (TPSA) is 84.8 Å². The molecule has 4 rings (SSSR count). The quantitative estimate of drug-likeness (QED) is 0.174. The zero-order valence-corrected chi connectivity index (χ0v) is 22.5. The van der Waals surface area contributed by atoms with Crippen LogP contribution in [0.3, 0.4) is 0 Å². The standard InChI is InChI=1S/C31H44N2O4/c1-2-3-8-16-28-31(37-28,30(34)35)26-19-17-25(18-20-26)29-32-22-27(23-33-29)36-21-12-7-5-4-6-9-13-24-14-10-11-15-24/h17-20,22-24,28H,2-16,21H2,1H3,(H,34,35)/t28-,31+/m0/s1. The smallest absolute Gasteiger partial charge is 0.343 e. The Labute approximate surface area is 222 Å². The van der Waals surface area contributed by atoms with Gasteiger partial charge in [-0.2, -0.15) is 0 Å². The van der Waals surface area contributed by atoms with E-state index in [9.17, 15) is 9.90 Å². The van der Waals surface area contributed by atoms with E-state index in [0.717, 1.165) is 43.6 Å². The molecule has 2 fully saturated rings. The molecule has 1 aliphatic heterocycles. The van der Waals surface area contributed by atoms with Gasteiger partial charge < -0.3 is 14.6 Å². The normalized spacial score (nSPS) is 21.3. The summed E-state index contributed by atoms with van der Waals surface area (Å²) in [5.74, 6) is 1.38.